The molecule has 0 bridgehead atoms. The summed E-state index contributed by atoms with van der Waals surface area (Å²) in [6, 6.07) is 8.36. The van der Waals surface area contributed by atoms with Crippen LogP contribution in [0, 0.1) is 0 Å². The largest absolute Gasteiger partial charge is 0.613 e. The molecule has 0 saturated carbocycles. The Hall–Kier alpha value is -2.37. The topological polar surface area (TPSA) is 159 Å². The van der Waals surface area contributed by atoms with Gasteiger partial charge in [0.05, 0.1) is 16.7 Å². The summed E-state index contributed by atoms with van der Waals surface area (Å²) in [7, 11) is -2.37. The summed E-state index contributed by atoms with van der Waals surface area (Å²) < 4.78 is 23.9. The Morgan fingerprint density at radius 1 is 1.45 bits per heavy atom. The van der Waals surface area contributed by atoms with Crippen LogP contribution in [0.2, 0.25) is 0 Å². The van der Waals surface area contributed by atoms with Gasteiger partial charge in [0.2, 0.25) is 5.95 Å². The second-order valence-electron chi connectivity index (χ2n) is 6.83. The molecule has 3 rings (SSSR count). The number of aliphatic hydroxyl groups excluding tert-OH is 1. The molecule has 0 amide bonds. The summed E-state index contributed by atoms with van der Waals surface area (Å²) in [5.74, 6) is -0.682. The van der Waals surface area contributed by atoms with Crippen molar-refractivity contribution in [2.24, 2.45) is 0 Å². The van der Waals surface area contributed by atoms with Crippen LogP contribution in [-0.2, 0) is 25.2 Å². The van der Waals surface area contributed by atoms with Crippen LogP contribution in [0.5, 0.6) is 0 Å². The molecule has 2 heterocycles. The minimum atomic E-state index is -2.37. The molecule has 1 aliphatic heterocycles. The van der Waals surface area contributed by atoms with Crippen molar-refractivity contribution in [1.82, 2.24) is 19.6 Å². The lowest BCUT2D eigenvalue weighted by molar-refractivity contribution is -0.146. The molecule has 1 saturated heterocycles. The van der Waals surface area contributed by atoms with Crippen molar-refractivity contribution in [3.05, 3.63) is 52.7 Å². The van der Waals surface area contributed by atoms with Gasteiger partial charge >= 0.3 is 19.8 Å². The van der Waals surface area contributed by atoms with Gasteiger partial charge in [-0.05, 0) is 17.1 Å². The molecule has 13 heteroatoms. The molecule has 1 aromatic carbocycles. The number of hydrogen-bond acceptors (Lipinski definition) is 10. The van der Waals surface area contributed by atoms with Gasteiger partial charge in [-0.2, -0.15) is 4.98 Å². The number of thioether (sulfide) groups is 1. The van der Waals surface area contributed by atoms with Crippen molar-refractivity contribution in [1.29, 1.82) is 0 Å². The molecule has 31 heavy (non-hydrogen) atoms. The fourth-order valence-corrected chi connectivity index (χ4v) is 5.15. The van der Waals surface area contributed by atoms with E-state index in [1.807, 2.05) is 30.3 Å². The van der Waals surface area contributed by atoms with Crippen LogP contribution in [0.4, 0.5) is 5.95 Å². The molecule has 1 aromatic heterocycles. The maximum absolute atomic E-state index is 12.2. The first-order chi connectivity index (χ1) is 14.8. The Balaban J connectivity index is 1.43. The van der Waals surface area contributed by atoms with Gasteiger partial charge in [0.1, 0.15) is 25.6 Å². The van der Waals surface area contributed by atoms with Gasteiger partial charge in [0, 0.05) is 6.42 Å². The van der Waals surface area contributed by atoms with Gasteiger partial charge in [-0.15, -0.1) is 16.3 Å². The van der Waals surface area contributed by atoms with E-state index in [1.54, 1.807) is 0 Å². The number of nitrogens with one attached hydrogen (secondary N) is 1. The second-order valence-corrected chi connectivity index (χ2v) is 9.29. The standard InChI is InChI=1S/C18H22N5O6PS/c1-11(16(25)28-8-12-5-3-2-4-6-12)22-30(27)29-9-14-13(24)7-15(31-14)23-10-20-17(19)21-18(23)26/h2-6,10-11,13-15,24H,7-9H2,1H3,(H2-,19,21,22,26,27)/p+1/t11-,13+,14?,15+/m0/s1. The highest BCUT2D eigenvalue weighted by atomic mass is 32.2. The summed E-state index contributed by atoms with van der Waals surface area (Å²) in [4.78, 5) is 31.4. The fourth-order valence-electron chi connectivity index (χ4n) is 2.83. The molecule has 1 aliphatic rings. The van der Waals surface area contributed by atoms with E-state index in [0.717, 1.165) is 5.56 Å². The predicted molar refractivity (Wildman–Crippen MR) is 114 cm³/mol. The number of nitrogen functional groups attached to an aromatic ring is 1. The number of carbonyl (C=O) groups is 1. The molecule has 5 atom stereocenters. The predicted octanol–water partition coefficient (Wildman–Crippen LogP) is 0.981. The van der Waals surface area contributed by atoms with E-state index in [0.29, 0.717) is 0 Å². The first-order valence-corrected chi connectivity index (χ1v) is 11.6. The van der Waals surface area contributed by atoms with Crippen molar-refractivity contribution in [2.75, 3.05) is 12.3 Å². The van der Waals surface area contributed by atoms with E-state index < -0.39 is 42.6 Å². The van der Waals surface area contributed by atoms with Crippen LogP contribution in [0.3, 0.4) is 0 Å². The summed E-state index contributed by atoms with van der Waals surface area (Å²) >= 11 is 1.28. The van der Waals surface area contributed by atoms with Gasteiger partial charge in [0.25, 0.3) is 0 Å². The average Bonchev–Trinajstić information content (AvgIpc) is 3.11. The number of carbonyl (C=O) groups excluding carboxylic acids is 1. The second kappa shape index (κ2) is 10.8. The van der Waals surface area contributed by atoms with E-state index >= 15 is 0 Å². The third kappa shape index (κ3) is 6.55. The number of aromatic nitrogens is 3. The first-order valence-electron chi connectivity index (χ1n) is 9.44. The van der Waals surface area contributed by atoms with Crippen LogP contribution < -0.4 is 16.5 Å². The number of anilines is 1. The van der Waals surface area contributed by atoms with Gasteiger partial charge < -0.3 is 15.6 Å². The summed E-state index contributed by atoms with van der Waals surface area (Å²) in [5, 5.41) is 12.0. The highest BCUT2D eigenvalue weighted by Crippen LogP contribution is 2.41. The first kappa shape index (κ1) is 23.3. The number of benzene rings is 1. The van der Waals surface area contributed by atoms with Crippen LogP contribution in [0.25, 0.3) is 0 Å². The highest BCUT2D eigenvalue weighted by molar-refractivity contribution is 8.00. The van der Waals surface area contributed by atoms with E-state index in [4.69, 9.17) is 15.0 Å². The van der Waals surface area contributed by atoms with Crippen LogP contribution >= 0.6 is 19.9 Å². The van der Waals surface area contributed by atoms with Crippen molar-refractivity contribution < 1.29 is 23.7 Å². The van der Waals surface area contributed by atoms with Gasteiger partial charge in [-0.1, -0.05) is 35.4 Å². The third-order valence-electron chi connectivity index (χ3n) is 4.49. The Kier molecular flexibility index (Phi) is 8.10. The van der Waals surface area contributed by atoms with Crippen molar-refractivity contribution in [3.8, 4) is 0 Å². The lowest BCUT2D eigenvalue weighted by atomic mass is 10.2. The molecular weight excluding hydrogens is 445 g/mol. The smallest absolute Gasteiger partial charge is 0.460 e. The summed E-state index contributed by atoms with van der Waals surface area (Å²) in [6.07, 6.45) is 0.776. The van der Waals surface area contributed by atoms with E-state index in [-0.39, 0.29) is 25.6 Å². The number of ether oxygens (including phenoxy) is 1. The summed E-state index contributed by atoms with van der Waals surface area (Å²) in [5.41, 5.74) is 5.67. The van der Waals surface area contributed by atoms with Crippen LogP contribution in [0.15, 0.2) is 41.5 Å². The van der Waals surface area contributed by atoms with Crippen molar-refractivity contribution >= 4 is 31.9 Å². The summed E-state index contributed by atoms with van der Waals surface area (Å²) in [6.45, 7) is 1.59. The fraction of sp³-hybridized carbons (Fsp3) is 0.444. The van der Waals surface area contributed by atoms with Gasteiger partial charge in [0.15, 0.2) is 0 Å². The number of hydrogen-bond donors (Lipinski definition) is 3. The third-order valence-corrected chi connectivity index (χ3v) is 7.01. The molecule has 2 unspecified atom stereocenters. The highest BCUT2D eigenvalue weighted by Gasteiger charge is 2.38. The zero-order valence-electron chi connectivity index (χ0n) is 16.7. The molecule has 0 spiro atoms. The number of aliphatic hydroxyl groups is 1. The number of rotatable bonds is 9. The van der Waals surface area contributed by atoms with Crippen LogP contribution in [-0.4, -0.2) is 49.6 Å². The molecule has 0 aliphatic carbocycles. The minimum Gasteiger partial charge on any atom is -0.460 e. The van der Waals surface area contributed by atoms with E-state index in [1.165, 1.54) is 29.6 Å². The molecule has 4 N–H and O–H groups in total. The maximum atomic E-state index is 12.2. The zero-order valence-corrected chi connectivity index (χ0v) is 18.4. The quantitative estimate of drug-likeness (QED) is 0.356. The normalized spacial score (nSPS) is 22.1. The minimum absolute atomic E-state index is 0.0408. The number of nitrogens with zero attached hydrogens (tertiary/aromatic N) is 3. The lowest BCUT2D eigenvalue weighted by Crippen LogP contribution is -2.31. The maximum Gasteiger partial charge on any atom is 0.613 e. The van der Waals surface area contributed by atoms with Crippen molar-refractivity contribution in [2.45, 2.75) is 42.7 Å². The van der Waals surface area contributed by atoms with E-state index in [2.05, 4.69) is 15.1 Å². The Bertz CT molecular complexity index is 977. The monoisotopic (exact) mass is 468 g/mol. The molecular formula is C18H23N5O6PS+. The number of nitrogens with two attached hydrogens (primary N) is 1. The van der Waals surface area contributed by atoms with Crippen LogP contribution in [0.1, 0.15) is 24.3 Å². The van der Waals surface area contributed by atoms with Crippen molar-refractivity contribution in [3.63, 3.8) is 0 Å². The molecule has 11 nitrogen and oxygen atoms in total. The van der Waals surface area contributed by atoms with E-state index in [9.17, 15) is 19.3 Å². The average molecular weight is 468 g/mol. The Morgan fingerprint density at radius 2 is 2.19 bits per heavy atom. The Morgan fingerprint density at radius 3 is 2.90 bits per heavy atom. The molecule has 2 aromatic rings. The zero-order chi connectivity index (χ0) is 22.4. The SMILES string of the molecule is C[C@H](N[P+](=O)OCC1S[C@@H](n2cnc(N)nc2=O)C[C@H]1O)C(=O)OCc1ccccc1. The van der Waals surface area contributed by atoms with Gasteiger partial charge in [-0.25, -0.2) is 9.78 Å². The molecule has 0 radical (unpaired) electrons. The molecule has 166 valence electrons. The Labute approximate surface area is 183 Å². The lowest BCUT2D eigenvalue weighted by Gasteiger charge is -2.12. The van der Waals surface area contributed by atoms with Gasteiger partial charge in [-0.3, -0.25) is 9.36 Å². The number of esters is 1. The molecule has 1 fully saturated rings.